The van der Waals surface area contributed by atoms with Crippen LogP contribution in [0.25, 0.3) is 0 Å². The molecule has 5 heteroatoms. The predicted octanol–water partition coefficient (Wildman–Crippen LogP) is 4.02. The van der Waals surface area contributed by atoms with Crippen LogP contribution >= 0.6 is 34.7 Å². The van der Waals surface area contributed by atoms with E-state index in [-0.39, 0.29) is 5.91 Å². The Morgan fingerprint density at radius 2 is 2.32 bits per heavy atom. The van der Waals surface area contributed by atoms with E-state index < -0.39 is 5.41 Å². The molecule has 106 valence electrons. The molecule has 1 fully saturated rings. The minimum absolute atomic E-state index is 0.190. The maximum Gasteiger partial charge on any atom is 0.229 e. The molecule has 0 spiro atoms. The van der Waals surface area contributed by atoms with Crippen LogP contribution in [0.3, 0.4) is 0 Å². The average Bonchev–Trinajstić information content (AvgIpc) is 2.83. The fourth-order valence-corrected chi connectivity index (χ4v) is 4.51. The Balaban J connectivity index is 1.99. The van der Waals surface area contributed by atoms with Crippen LogP contribution in [0.2, 0.25) is 0 Å². The maximum absolute atomic E-state index is 12.4. The lowest BCUT2D eigenvalue weighted by molar-refractivity contribution is -0.139. The second-order valence-corrected chi connectivity index (χ2v) is 8.03. The van der Waals surface area contributed by atoms with Gasteiger partial charge >= 0.3 is 0 Å². The number of alkyl halides is 1. The summed E-state index contributed by atoms with van der Waals surface area (Å²) >= 11 is 9.68. The Hall–Kier alpha value is -0.190. The number of hydrogen-bond acceptors (Lipinski definition) is 3. The van der Waals surface area contributed by atoms with Gasteiger partial charge in [0.25, 0.3) is 0 Å². The van der Waals surface area contributed by atoms with Crippen molar-refractivity contribution < 1.29 is 4.79 Å². The largest absolute Gasteiger partial charge is 0.341 e. The Morgan fingerprint density at radius 3 is 2.95 bits per heavy atom. The molecule has 1 aliphatic heterocycles. The van der Waals surface area contributed by atoms with Gasteiger partial charge in [-0.1, -0.05) is 6.07 Å². The molecule has 1 unspecified atom stereocenters. The minimum Gasteiger partial charge on any atom is -0.341 e. The lowest BCUT2D eigenvalue weighted by Crippen LogP contribution is -2.43. The zero-order chi connectivity index (χ0) is 13.9. The molecule has 1 aromatic rings. The molecule has 1 saturated heterocycles. The molecule has 0 aromatic carbocycles. The first kappa shape index (κ1) is 15.2. The lowest BCUT2D eigenvalue weighted by atomic mass is 9.94. The predicted molar refractivity (Wildman–Crippen MR) is 85.2 cm³/mol. The standard InChI is InChI=1S/C14H20ClNOS2/c1-14(2,10-15)13(17)16-6-5-12(19-9-7-16)11-4-3-8-18-11/h3-4,8,12H,5-7,9-10H2,1-2H3. The van der Waals surface area contributed by atoms with Gasteiger partial charge in [0.15, 0.2) is 0 Å². The van der Waals surface area contributed by atoms with Crippen molar-refractivity contribution in [3.8, 4) is 0 Å². The molecule has 0 radical (unpaired) electrons. The van der Waals surface area contributed by atoms with Gasteiger partial charge in [-0.15, -0.1) is 22.9 Å². The van der Waals surface area contributed by atoms with Crippen molar-refractivity contribution >= 4 is 40.6 Å². The number of thioether (sulfide) groups is 1. The highest BCUT2D eigenvalue weighted by atomic mass is 35.5. The van der Waals surface area contributed by atoms with E-state index >= 15 is 0 Å². The van der Waals surface area contributed by atoms with E-state index in [9.17, 15) is 4.79 Å². The number of amides is 1. The van der Waals surface area contributed by atoms with E-state index in [1.807, 2.05) is 41.8 Å². The number of nitrogens with zero attached hydrogens (tertiary/aromatic N) is 1. The fraction of sp³-hybridized carbons (Fsp3) is 0.643. The molecule has 2 rings (SSSR count). The molecule has 1 aromatic heterocycles. The first-order valence-electron chi connectivity index (χ1n) is 6.55. The van der Waals surface area contributed by atoms with Gasteiger partial charge in [-0.3, -0.25) is 4.79 Å². The summed E-state index contributed by atoms with van der Waals surface area (Å²) in [5.74, 6) is 1.58. The summed E-state index contributed by atoms with van der Waals surface area (Å²) < 4.78 is 0. The Bertz CT molecular complexity index is 419. The summed E-state index contributed by atoms with van der Waals surface area (Å²) in [4.78, 5) is 15.8. The van der Waals surface area contributed by atoms with Crippen molar-refractivity contribution in [2.24, 2.45) is 5.41 Å². The number of carbonyl (C=O) groups excluding carboxylic acids is 1. The van der Waals surface area contributed by atoms with Crippen LogP contribution in [0.5, 0.6) is 0 Å². The quantitative estimate of drug-likeness (QED) is 0.785. The lowest BCUT2D eigenvalue weighted by Gasteiger charge is -2.29. The van der Waals surface area contributed by atoms with Gasteiger partial charge < -0.3 is 4.90 Å². The number of thiophene rings is 1. The second-order valence-electron chi connectivity index (χ2n) is 5.47. The summed E-state index contributed by atoms with van der Waals surface area (Å²) in [6.45, 7) is 5.54. The van der Waals surface area contributed by atoms with Gasteiger partial charge in [-0.05, 0) is 31.7 Å². The molecule has 1 atom stereocenters. The first-order valence-corrected chi connectivity index (χ1v) is 9.01. The van der Waals surface area contributed by atoms with E-state index in [1.54, 1.807) is 0 Å². The second kappa shape index (κ2) is 6.51. The molecule has 2 nitrogen and oxygen atoms in total. The number of carbonyl (C=O) groups is 1. The molecular weight excluding hydrogens is 298 g/mol. The van der Waals surface area contributed by atoms with Gasteiger partial charge in [0.1, 0.15) is 0 Å². The molecule has 0 bridgehead atoms. The van der Waals surface area contributed by atoms with Crippen LogP contribution in [0, 0.1) is 5.41 Å². The summed E-state index contributed by atoms with van der Waals surface area (Å²) in [5.41, 5.74) is -0.449. The van der Waals surface area contributed by atoms with E-state index in [2.05, 4.69) is 17.5 Å². The number of rotatable bonds is 3. The molecule has 0 saturated carbocycles. The molecule has 0 N–H and O–H groups in total. The van der Waals surface area contributed by atoms with E-state index in [4.69, 9.17) is 11.6 Å². The van der Waals surface area contributed by atoms with E-state index in [1.165, 1.54) is 4.88 Å². The van der Waals surface area contributed by atoms with Crippen LogP contribution in [-0.2, 0) is 4.79 Å². The molecule has 0 aliphatic carbocycles. The topological polar surface area (TPSA) is 20.3 Å². The van der Waals surface area contributed by atoms with Gasteiger partial charge in [0.2, 0.25) is 5.91 Å². The van der Waals surface area contributed by atoms with Gasteiger partial charge in [0, 0.05) is 34.8 Å². The van der Waals surface area contributed by atoms with Crippen molar-refractivity contribution in [1.82, 2.24) is 4.90 Å². The Labute approximate surface area is 128 Å². The number of halogens is 1. The van der Waals surface area contributed by atoms with Crippen LogP contribution in [0.4, 0.5) is 0 Å². The van der Waals surface area contributed by atoms with E-state index in [0.717, 1.165) is 25.3 Å². The van der Waals surface area contributed by atoms with Crippen molar-refractivity contribution in [1.29, 1.82) is 0 Å². The van der Waals surface area contributed by atoms with Crippen molar-refractivity contribution in [3.05, 3.63) is 22.4 Å². The summed E-state index contributed by atoms with van der Waals surface area (Å²) in [7, 11) is 0. The fourth-order valence-electron chi connectivity index (χ4n) is 2.16. The van der Waals surface area contributed by atoms with Gasteiger partial charge in [-0.2, -0.15) is 11.8 Å². The van der Waals surface area contributed by atoms with Crippen molar-refractivity contribution in [2.45, 2.75) is 25.5 Å². The van der Waals surface area contributed by atoms with Gasteiger partial charge in [-0.25, -0.2) is 0 Å². The SMILES string of the molecule is CC(C)(CCl)C(=O)N1CCSC(c2cccs2)CC1. The third-order valence-electron chi connectivity index (χ3n) is 3.40. The smallest absolute Gasteiger partial charge is 0.229 e. The van der Waals surface area contributed by atoms with E-state index in [0.29, 0.717) is 11.1 Å². The van der Waals surface area contributed by atoms with Crippen LogP contribution in [0.15, 0.2) is 17.5 Å². The van der Waals surface area contributed by atoms with Crippen LogP contribution in [0.1, 0.15) is 30.4 Å². The normalized spacial score (nSPS) is 21.2. The highest BCUT2D eigenvalue weighted by molar-refractivity contribution is 7.99. The Morgan fingerprint density at radius 1 is 1.53 bits per heavy atom. The molecular formula is C14H20ClNOS2. The Kier molecular flexibility index (Phi) is 5.21. The zero-order valence-corrected chi connectivity index (χ0v) is 13.8. The average molecular weight is 318 g/mol. The monoisotopic (exact) mass is 317 g/mol. The van der Waals surface area contributed by atoms with Crippen LogP contribution < -0.4 is 0 Å². The molecule has 1 amide bonds. The zero-order valence-electron chi connectivity index (χ0n) is 11.4. The molecule has 2 heterocycles. The maximum atomic E-state index is 12.4. The third-order valence-corrected chi connectivity index (χ3v) is 6.52. The van der Waals surface area contributed by atoms with Gasteiger partial charge in [0.05, 0.1) is 5.41 Å². The highest BCUT2D eigenvalue weighted by Crippen LogP contribution is 2.37. The molecule has 19 heavy (non-hydrogen) atoms. The van der Waals surface area contributed by atoms with Crippen LogP contribution in [-0.4, -0.2) is 35.5 Å². The van der Waals surface area contributed by atoms with Crippen molar-refractivity contribution in [3.63, 3.8) is 0 Å². The summed E-state index contributed by atoms with van der Waals surface area (Å²) in [6.07, 6.45) is 1.04. The summed E-state index contributed by atoms with van der Waals surface area (Å²) in [5, 5.41) is 2.66. The highest BCUT2D eigenvalue weighted by Gasteiger charge is 2.32. The molecule has 1 aliphatic rings. The first-order chi connectivity index (χ1) is 9.04. The number of hydrogen-bond donors (Lipinski definition) is 0. The third kappa shape index (κ3) is 3.67. The summed E-state index contributed by atoms with van der Waals surface area (Å²) in [6, 6.07) is 4.30. The van der Waals surface area contributed by atoms with Crippen molar-refractivity contribution in [2.75, 3.05) is 24.7 Å². The minimum atomic E-state index is -0.449.